The molecule has 35 heavy (non-hydrogen) atoms. The van der Waals surface area contributed by atoms with Crippen molar-refractivity contribution in [3.05, 3.63) is 69.7 Å². The predicted molar refractivity (Wildman–Crippen MR) is 142 cm³/mol. The van der Waals surface area contributed by atoms with Crippen molar-refractivity contribution >= 4 is 27.3 Å². The van der Waals surface area contributed by atoms with E-state index >= 15 is 0 Å². The Morgan fingerprint density at radius 2 is 1.77 bits per heavy atom. The minimum absolute atomic E-state index is 0.0388. The maximum absolute atomic E-state index is 12.9. The van der Waals surface area contributed by atoms with E-state index in [4.69, 9.17) is 9.72 Å². The third-order valence-electron chi connectivity index (χ3n) is 5.91. The largest absolute Gasteiger partial charge is 0.465 e. The second-order valence-electron chi connectivity index (χ2n) is 9.89. The average molecular weight is 515 g/mol. The van der Waals surface area contributed by atoms with Crippen molar-refractivity contribution in [1.29, 1.82) is 0 Å². The molecule has 1 aromatic heterocycles. The van der Waals surface area contributed by atoms with Crippen LogP contribution in [0.2, 0.25) is 0 Å². The summed E-state index contributed by atoms with van der Waals surface area (Å²) >= 11 is 1.61. The fourth-order valence-electron chi connectivity index (χ4n) is 3.78. The van der Waals surface area contributed by atoms with Gasteiger partial charge in [-0.3, -0.25) is 0 Å². The number of benzene rings is 2. The molecule has 1 heterocycles. The van der Waals surface area contributed by atoms with E-state index in [2.05, 4.69) is 49.8 Å². The van der Waals surface area contributed by atoms with Crippen molar-refractivity contribution in [1.82, 2.24) is 9.71 Å². The number of thiazole rings is 1. The smallest absolute Gasteiger partial charge is 0.338 e. The summed E-state index contributed by atoms with van der Waals surface area (Å²) in [5, 5.41) is 0.924. The minimum atomic E-state index is -3.80. The molecule has 1 N–H and O–H groups in total. The van der Waals surface area contributed by atoms with E-state index in [1.807, 2.05) is 20.8 Å². The van der Waals surface area contributed by atoms with E-state index < -0.39 is 16.0 Å². The lowest BCUT2D eigenvalue weighted by Crippen LogP contribution is -2.26. The lowest BCUT2D eigenvalue weighted by molar-refractivity contribution is 0.0598. The number of sulfonamides is 1. The zero-order valence-corrected chi connectivity index (χ0v) is 23.1. The molecule has 6 nitrogen and oxygen atoms in total. The van der Waals surface area contributed by atoms with Gasteiger partial charge in [-0.05, 0) is 41.5 Å². The number of esters is 1. The van der Waals surface area contributed by atoms with Crippen LogP contribution in [0.4, 0.5) is 0 Å². The number of rotatable bonds is 8. The standard InChI is InChI=1S/C27H34N2O4S2/c1-17(2)22-13-12-21(16-23(22)26(30)33-7)35(31,32)28-15-14-24-18(3)34-25(29-24)19-8-10-20(11-9-19)27(4,5)6/h8-13,16-17,28H,14-15H2,1-7H3. The van der Waals surface area contributed by atoms with Crippen molar-refractivity contribution in [3.8, 4) is 10.6 Å². The number of carbonyl (C=O) groups is 1. The molecule has 0 unspecified atom stereocenters. The highest BCUT2D eigenvalue weighted by Gasteiger charge is 2.21. The molecule has 2 aromatic carbocycles. The summed E-state index contributed by atoms with van der Waals surface area (Å²) in [6.07, 6.45) is 0.468. The third-order valence-corrected chi connectivity index (χ3v) is 8.43. The number of nitrogens with one attached hydrogen (secondary N) is 1. The van der Waals surface area contributed by atoms with Crippen LogP contribution in [0.25, 0.3) is 10.6 Å². The van der Waals surface area contributed by atoms with Crippen LogP contribution in [0.15, 0.2) is 47.4 Å². The zero-order chi connectivity index (χ0) is 26.0. The molecule has 0 saturated heterocycles. The summed E-state index contributed by atoms with van der Waals surface area (Å²) in [5.74, 6) is -0.493. The Labute approximate surface area is 212 Å². The van der Waals surface area contributed by atoms with Gasteiger partial charge >= 0.3 is 5.97 Å². The van der Waals surface area contributed by atoms with Gasteiger partial charge in [-0.25, -0.2) is 22.9 Å². The van der Waals surface area contributed by atoms with E-state index in [0.717, 1.165) is 26.7 Å². The minimum Gasteiger partial charge on any atom is -0.465 e. The summed E-state index contributed by atoms with van der Waals surface area (Å²) < 4.78 is 33.3. The first-order chi connectivity index (χ1) is 16.3. The average Bonchev–Trinajstić information content (AvgIpc) is 3.17. The molecule has 0 spiro atoms. The molecule has 0 atom stereocenters. The monoisotopic (exact) mass is 514 g/mol. The molecule has 0 radical (unpaired) electrons. The van der Waals surface area contributed by atoms with Gasteiger partial charge in [-0.1, -0.05) is 65.0 Å². The van der Waals surface area contributed by atoms with Crippen LogP contribution in [-0.2, 0) is 26.6 Å². The van der Waals surface area contributed by atoms with Crippen LogP contribution < -0.4 is 4.72 Å². The Bertz CT molecular complexity index is 1300. The Morgan fingerprint density at radius 1 is 1.11 bits per heavy atom. The van der Waals surface area contributed by atoms with Gasteiger partial charge in [0.1, 0.15) is 5.01 Å². The fraction of sp³-hybridized carbons (Fsp3) is 0.407. The third kappa shape index (κ3) is 6.37. The van der Waals surface area contributed by atoms with Crippen molar-refractivity contribution < 1.29 is 17.9 Å². The van der Waals surface area contributed by atoms with Crippen molar-refractivity contribution in [2.24, 2.45) is 0 Å². The van der Waals surface area contributed by atoms with Gasteiger partial charge in [0.15, 0.2) is 0 Å². The van der Waals surface area contributed by atoms with E-state index in [9.17, 15) is 13.2 Å². The number of carbonyl (C=O) groups excluding carboxylic acids is 1. The lowest BCUT2D eigenvalue weighted by atomic mass is 9.87. The highest BCUT2D eigenvalue weighted by Crippen LogP contribution is 2.30. The van der Waals surface area contributed by atoms with E-state index in [-0.39, 0.29) is 28.3 Å². The number of aromatic nitrogens is 1. The molecular weight excluding hydrogens is 480 g/mol. The highest BCUT2D eigenvalue weighted by molar-refractivity contribution is 7.89. The summed E-state index contributed by atoms with van der Waals surface area (Å²) in [6.45, 7) is 12.6. The number of ether oxygens (including phenoxy) is 1. The maximum Gasteiger partial charge on any atom is 0.338 e. The summed E-state index contributed by atoms with van der Waals surface area (Å²) in [7, 11) is -2.51. The molecule has 8 heteroatoms. The molecule has 0 aliphatic heterocycles. The molecule has 3 rings (SSSR count). The van der Waals surface area contributed by atoms with E-state index in [1.54, 1.807) is 17.4 Å². The number of hydrogen-bond donors (Lipinski definition) is 1. The summed E-state index contributed by atoms with van der Waals surface area (Å²) in [4.78, 5) is 18.1. The van der Waals surface area contributed by atoms with Gasteiger partial charge in [0.25, 0.3) is 0 Å². The Morgan fingerprint density at radius 3 is 2.34 bits per heavy atom. The van der Waals surface area contributed by atoms with Crippen molar-refractivity contribution in [2.45, 2.75) is 64.2 Å². The fourth-order valence-corrected chi connectivity index (χ4v) is 5.80. The zero-order valence-electron chi connectivity index (χ0n) is 21.4. The van der Waals surface area contributed by atoms with Crippen LogP contribution >= 0.6 is 11.3 Å². The normalized spacial score (nSPS) is 12.2. The van der Waals surface area contributed by atoms with Gasteiger partial charge in [-0.15, -0.1) is 11.3 Å². The van der Waals surface area contributed by atoms with Gasteiger partial charge in [-0.2, -0.15) is 0 Å². The van der Waals surface area contributed by atoms with Crippen LogP contribution in [0.5, 0.6) is 0 Å². The number of aryl methyl sites for hydroxylation is 1. The molecule has 0 bridgehead atoms. The topological polar surface area (TPSA) is 85.4 Å². The van der Waals surface area contributed by atoms with E-state index in [0.29, 0.717) is 6.42 Å². The molecule has 0 aliphatic rings. The molecule has 0 saturated carbocycles. The maximum atomic E-state index is 12.9. The summed E-state index contributed by atoms with van der Waals surface area (Å²) in [5.41, 5.74) is 4.30. The quantitative estimate of drug-likeness (QED) is 0.381. The first-order valence-corrected chi connectivity index (χ1v) is 13.9. The molecule has 0 fully saturated rings. The van der Waals surface area contributed by atoms with Gasteiger partial charge in [0.2, 0.25) is 10.0 Å². The van der Waals surface area contributed by atoms with Crippen LogP contribution in [0, 0.1) is 6.92 Å². The van der Waals surface area contributed by atoms with Crippen LogP contribution in [0.1, 0.15) is 72.6 Å². The molecular formula is C27H34N2O4S2. The highest BCUT2D eigenvalue weighted by atomic mass is 32.2. The molecule has 0 aliphatic carbocycles. The molecule has 0 amide bonds. The molecule has 188 valence electrons. The number of hydrogen-bond acceptors (Lipinski definition) is 6. The Kier molecular flexibility index (Phi) is 8.19. The lowest BCUT2D eigenvalue weighted by Gasteiger charge is -2.18. The number of nitrogens with zero attached hydrogens (tertiary/aromatic N) is 1. The van der Waals surface area contributed by atoms with Crippen molar-refractivity contribution in [3.63, 3.8) is 0 Å². The molecule has 3 aromatic rings. The van der Waals surface area contributed by atoms with Crippen LogP contribution in [-0.4, -0.2) is 33.0 Å². The van der Waals surface area contributed by atoms with E-state index in [1.165, 1.54) is 24.8 Å². The SMILES string of the molecule is COC(=O)c1cc(S(=O)(=O)NCCc2nc(-c3ccc(C(C)(C)C)cc3)sc2C)ccc1C(C)C. The predicted octanol–water partition coefficient (Wildman–Crippen LogP) is 5.85. The number of methoxy groups -OCH3 is 1. The van der Waals surface area contributed by atoms with Gasteiger partial charge in [0.05, 0.1) is 23.3 Å². The second-order valence-corrected chi connectivity index (χ2v) is 12.9. The first-order valence-electron chi connectivity index (χ1n) is 11.6. The van der Waals surface area contributed by atoms with Gasteiger partial charge < -0.3 is 4.74 Å². The Hall–Kier alpha value is -2.55. The summed E-state index contributed by atoms with van der Waals surface area (Å²) in [6, 6.07) is 13.0. The Balaban J connectivity index is 1.72. The first kappa shape index (κ1) is 27.0. The van der Waals surface area contributed by atoms with Crippen molar-refractivity contribution in [2.75, 3.05) is 13.7 Å². The second kappa shape index (κ2) is 10.6. The van der Waals surface area contributed by atoms with Crippen LogP contribution in [0.3, 0.4) is 0 Å². The van der Waals surface area contributed by atoms with Gasteiger partial charge in [0, 0.05) is 23.4 Å².